The fraction of sp³-hybridized carbons (Fsp3) is 0.538. The van der Waals surface area contributed by atoms with Crippen LogP contribution in [0, 0.1) is 5.92 Å². The molecule has 1 aliphatic heterocycles. The van der Waals surface area contributed by atoms with Gasteiger partial charge in [-0.1, -0.05) is 31.5 Å². The van der Waals surface area contributed by atoms with Crippen molar-refractivity contribution in [2.75, 3.05) is 18.0 Å². The monoisotopic (exact) mass is 223 g/mol. The van der Waals surface area contributed by atoms with Crippen molar-refractivity contribution in [2.45, 2.75) is 25.6 Å². The Morgan fingerprint density at radius 2 is 2.20 bits per heavy atom. The van der Waals surface area contributed by atoms with Crippen molar-refractivity contribution < 1.29 is 0 Å². The average molecular weight is 224 g/mol. The molecular weight excluding hydrogens is 206 g/mol. The molecule has 1 fully saturated rings. The highest BCUT2D eigenvalue weighted by Crippen LogP contribution is 2.28. The number of hydrogen-bond donors (Lipinski definition) is 0. The Kier molecular flexibility index (Phi) is 3.53. The van der Waals surface area contributed by atoms with Crippen LogP contribution in [0.25, 0.3) is 0 Å². The number of halogens is 1. The second kappa shape index (κ2) is 4.89. The van der Waals surface area contributed by atoms with E-state index in [-0.39, 0.29) is 0 Å². The van der Waals surface area contributed by atoms with E-state index in [1.165, 1.54) is 37.2 Å². The van der Waals surface area contributed by atoms with E-state index in [0.29, 0.717) is 5.88 Å². The van der Waals surface area contributed by atoms with Gasteiger partial charge >= 0.3 is 0 Å². The zero-order valence-corrected chi connectivity index (χ0v) is 10.0. The molecular formula is C13H18ClN. The lowest BCUT2D eigenvalue weighted by Crippen LogP contribution is -2.20. The third-order valence-electron chi connectivity index (χ3n) is 3.34. The van der Waals surface area contributed by atoms with Crippen LogP contribution in [0.1, 0.15) is 25.3 Å². The number of para-hydroxylation sites is 1. The first-order valence-electron chi connectivity index (χ1n) is 5.74. The summed E-state index contributed by atoms with van der Waals surface area (Å²) in [5, 5.41) is 0. The van der Waals surface area contributed by atoms with E-state index in [4.69, 9.17) is 11.6 Å². The minimum Gasteiger partial charge on any atom is -0.371 e. The maximum absolute atomic E-state index is 5.95. The van der Waals surface area contributed by atoms with Gasteiger partial charge in [-0.05, 0) is 24.0 Å². The molecule has 1 saturated heterocycles. The zero-order valence-electron chi connectivity index (χ0n) is 9.25. The molecule has 0 spiro atoms. The van der Waals surface area contributed by atoms with Crippen molar-refractivity contribution in [1.82, 2.24) is 0 Å². The van der Waals surface area contributed by atoms with Gasteiger partial charge in [-0.2, -0.15) is 0 Å². The highest BCUT2D eigenvalue weighted by atomic mass is 35.5. The van der Waals surface area contributed by atoms with Crippen LogP contribution in [-0.4, -0.2) is 13.1 Å². The number of alkyl halides is 1. The van der Waals surface area contributed by atoms with E-state index in [2.05, 4.69) is 36.1 Å². The molecule has 0 radical (unpaired) electrons. The molecule has 0 N–H and O–H groups in total. The summed E-state index contributed by atoms with van der Waals surface area (Å²) < 4.78 is 0. The summed E-state index contributed by atoms with van der Waals surface area (Å²) in [6.45, 7) is 4.67. The fourth-order valence-corrected chi connectivity index (χ4v) is 2.54. The van der Waals surface area contributed by atoms with Crippen LogP contribution in [0.4, 0.5) is 5.69 Å². The van der Waals surface area contributed by atoms with E-state index < -0.39 is 0 Å². The van der Waals surface area contributed by atoms with E-state index in [0.717, 1.165) is 5.92 Å². The normalized spacial score (nSPS) is 20.9. The van der Waals surface area contributed by atoms with Crippen LogP contribution >= 0.6 is 11.6 Å². The minimum absolute atomic E-state index is 0.615. The van der Waals surface area contributed by atoms with Crippen LogP contribution < -0.4 is 4.90 Å². The standard InChI is InChI=1S/C13H18ClN/c1-2-11-7-8-15(10-11)13-6-4-3-5-12(13)9-14/h3-6,11H,2,7-10H2,1H3. The highest BCUT2D eigenvalue weighted by molar-refractivity contribution is 6.17. The van der Waals surface area contributed by atoms with Crippen molar-refractivity contribution in [2.24, 2.45) is 5.92 Å². The molecule has 0 amide bonds. The summed E-state index contributed by atoms with van der Waals surface area (Å²) in [4.78, 5) is 2.48. The van der Waals surface area contributed by atoms with E-state index in [9.17, 15) is 0 Å². The molecule has 1 aromatic rings. The number of rotatable bonds is 3. The SMILES string of the molecule is CCC1CCN(c2ccccc2CCl)C1. The van der Waals surface area contributed by atoms with Gasteiger partial charge in [-0.15, -0.1) is 11.6 Å². The molecule has 0 bridgehead atoms. The predicted octanol–water partition coefficient (Wildman–Crippen LogP) is 3.66. The smallest absolute Gasteiger partial charge is 0.0494 e. The zero-order chi connectivity index (χ0) is 10.7. The van der Waals surface area contributed by atoms with Gasteiger partial charge in [-0.3, -0.25) is 0 Å². The molecule has 1 aromatic carbocycles. The molecule has 2 rings (SSSR count). The summed E-state index contributed by atoms with van der Waals surface area (Å²) in [6.07, 6.45) is 2.62. The van der Waals surface area contributed by atoms with E-state index in [1.807, 2.05) is 0 Å². The number of nitrogens with zero attached hydrogens (tertiary/aromatic N) is 1. The van der Waals surface area contributed by atoms with Gasteiger partial charge in [0.2, 0.25) is 0 Å². The van der Waals surface area contributed by atoms with Crippen LogP contribution in [-0.2, 0) is 5.88 Å². The quantitative estimate of drug-likeness (QED) is 0.707. The topological polar surface area (TPSA) is 3.24 Å². The van der Waals surface area contributed by atoms with Gasteiger partial charge in [0, 0.05) is 24.7 Å². The molecule has 1 unspecified atom stereocenters. The Balaban J connectivity index is 2.16. The molecule has 0 aromatic heterocycles. The van der Waals surface area contributed by atoms with Gasteiger partial charge < -0.3 is 4.90 Å². The maximum atomic E-state index is 5.95. The molecule has 2 heteroatoms. The average Bonchev–Trinajstić information content (AvgIpc) is 2.77. The van der Waals surface area contributed by atoms with E-state index in [1.54, 1.807) is 0 Å². The van der Waals surface area contributed by atoms with E-state index >= 15 is 0 Å². The van der Waals surface area contributed by atoms with Crippen molar-refractivity contribution in [3.63, 3.8) is 0 Å². The van der Waals surface area contributed by atoms with Crippen molar-refractivity contribution in [3.05, 3.63) is 29.8 Å². The van der Waals surface area contributed by atoms with Crippen molar-refractivity contribution in [3.8, 4) is 0 Å². The Morgan fingerprint density at radius 1 is 1.40 bits per heavy atom. The summed E-state index contributed by atoms with van der Waals surface area (Å²) in [5.41, 5.74) is 2.60. The second-order valence-electron chi connectivity index (χ2n) is 4.27. The van der Waals surface area contributed by atoms with Crippen LogP contribution in [0.3, 0.4) is 0 Å². The molecule has 0 saturated carbocycles. The molecule has 1 nitrogen and oxygen atoms in total. The van der Waals surface area contributed by atoms with Gasteiger partial charge in [0.05, 0.1) is 0 Å². The summed E-state index contributed by atoms with van der Waals surface area (Å²) in [7, 11) is 0. The third kappa shape index (κ3) is 2.28. The van der Waals surface area contributed by atoms with Crippen LogP contribution in [0.15, 0.2) is 24.3 Å². The lowest BCUT2D eigenvalue weighted by Gasteiger charge is -2.21. The highest BCUT2D eigenvalue weighted by Gasteiger charge is 2.22. The second-order valence-corrected chi connectivity index (χ2v) is 4.54. The minimum atomic E-state index is 0.615. The number of benzene rings is 1. The molecule has 0 aliphatic carbocycles. The Labute approximate surface area is 97.0 Å². The lowest BCUT2D eigenvalue weighted by molar-refractivity contribution is 0.569. The Morgan fingerprint density at radius 3 is 2.87 bits per heavy atom. The first kappa shape index (κ1) is 10.8. The Hall–Kier alpha value is -0.690. The molecule has 15 heavy (non-hydrogen) atoms. The Bertz CT molecular complexity index is 324. The molecule has 1 aliphatic rings. The van der Waals surface area contributed by atoms with Crippen molar-refractivity contribution >= 4 is 17.3 Å². The first-order valence-corrected chi connectivity index (χ1v) is 6.27. The lowest BCUT2D eigenvalue weighted by atomic mass is 10.1. The third-order valence-corrected chi connectivity index (χ3v) is 3.63. The first-order chi connectivity index (χ1) is 7.35. The van der Waals surface area contributed by atoms with Gasteiger partial charge in [-0.25, -0.2) is 0 Å². The maximum Gasteiger partial charge on any atom is 0.0494 e. The number of hydrogen-bond acceptors (Lipinski definition) is 1. The largest absolute Gasteiger partial charge is 0.371 e. The molecule has 1 heterocycles. The van der Waals surface area contributed by atoms with Gasteiger partial charge in [0.15, 0.2) is 0 Å². The fourth-order valence-electron chi connectivity index (χ4n) is 2.32. The summed E-state index contributed by atoms with van der Waals surface area (Å²) >= 11 is 5.95. The summed E-state index contributed by atoms with van der Waals surface area (Å²) in [5.74, 6) is 1.48. The van der Waals surface area contributed by atoms with Crippen LogP contribution in [0.2, 0.25) is 0 Å². The molecule has 82 valence electrons. The van der Waals surface area contributed by atoms with Crippen LogP contribution in [0.5, 0.6) is 0 Å². The molecule has 1 atom stereocenters. The van der Waals surface area contributed by atoms with Gasteiger partial charge in [0.1, 0.15) is 0 Å². The number of anilines is 1. The van der Waals surface area contributed by atoms with Gasteiger partial charge in [0.25, 0.3) is 0 Å². The van der Waals surface area contributed by atoms with Crippen molar-refractivity contribution in [1.29, 1.82) is 0 Å². The predicted molar refractivity (Wildman–Crippen MR) is 66.6 cm³/mol. The summed E-state index contributed by atoms with van der Waals surface area (Å²) in [6, 6.07) is 8.48.